The number of hydrogen-bond donors (Lipinski definition) is 2. The lowest BCUT2D eigenvalue weighted by molar-refractivity contribution is 0.275. The molecule has 0 saturated heterocycles. The molecule has 1 aliphatic rings. The molecule has 2 aromatic rings. The van der Waals surface area contributed by atoms with Gasteiger partial charge in [-0.3, -0.25) is 4.98 Å². The zero-order valence-corrected chi connectivity index (χ0v) is 12.9. The Kier molecular flexibility index (Phi) is 3.46. The van der Waals surface area contributed by atoms with E-state index in [9.17, 15) is 5.11 Å². The number of fused-ring (bicyclic) bond motifs is 1. The number of pyridine rings is 1. The van der Waals surface area contributed by atoms with Crippen molar-refractivity contribution in [2.45, 2.75) is 39.2 Å². The normalized spacial score (nSPS) is 15.6. The Bertz CT molecular complexity index is 660. The van der Waals surface area contributed by atoms with Crippen molar-refractivity contribution in [3.05, 3.63) is 58.4 Å². The number of aliphatic hydroxyl groups excluding tert-OH is 1. The number of nitrogens with zero attached hydrogens (tertiary/aromatic N) is 1. The lowest BCUT2D eigenvalue weighted by Crippen LogP contribution is -2.20. The fourth-order valence-electron chi connectivity index (χ4n) is 2.86. The van der Waals surface area contributed by atoms with Crippen LogP contribution >= 0.6 is 0 Å². The van der Waals surface area contributed by atoms with Crippen LogP contribution in [0.4, 0.5) is 5.69 Å². The molecule has 110 valence electrons. The van der Waals surface area contributed by atoms with Gasteiger partial charge in [0.05, 0.1) is 23.7 Å². The van der Waals surface area contributed by atoms with Crippen LogP contribution in [0, 0.1) is 6.92 Å². The fraction of sp³-hybridized carbons (Fsp3) is 0.389. The number of benzene rings is 1. The molecular weight excluding hydrogens is 260 g/mol. The van der Waals surface area contributed by atoms with E-state index in [1.165, 1.54) is 11.1 Å². The average molecular weight is 282 g/mol. The summed E-state index contributed by atoms with van der Waals surface area (Å²) in [5.41, 5.74) is 6.61. The average Bonchev–Trinajstić information content (AvgIpc) is 2.76. The van der Waals surface area contributed by atoms with Crippen molar-refractivity contribution in [3.63, 3.8) is 0 Å². The van der Waals surface area contributed by atoms with Crippen LogP contribution in [-0.2, 0) is 18.4 Å². The largest absolute Gasteiger partial charge is 0.390 e. The van der Waals surface area contributed by atoms with Gasteiger partial charge in [-0.05, 0) is 30.5 Å². The highest BCUT2D eigenvalue weighted by molar-refractivity contribution is 5.59. The van der Waals surface area contributed by atoms with E-state index in [0.717, 1.165) is 35.6 Å². The van der Waals surface area contributed by atoms with E-state index in [-0.39, 0.29) is 12.0 Å². The molecule has 3 nitrogen and oxygen atoms in total. The van der Waals surface area contributed by atoms with E-state index in [0.29, 0.717) is 0 Å². The van der Waals surface area contributed by atoms with Crippen molar-refractivity contribution in [1.82, 2.24) is 4.98 Å². The predicted octanol–water partition coefficient (Wildman–Crippen LogP) is 3.18. The molecule has 0 aliphatic carbocycles. The van der Waals surface area contributed by atoms with Crippen molar-refractivity contribution in [2.75, 3.05) is 11.9 Å². The first-order chi connectivity index (χ1) is 9.99. The van der Waals surface area contributed by atoms with Crippen molar-refractivity contribution in [2.24, 2.45) is 0 Å². The van der Waals surface area contributed by atoms with E-state index in [4.69, 9.17) is 4.98 Å². The Morgan fingerprint density at radius 2 is 1.95 bits per heavy atom. The van der Waals surface area contributed by atoms with Gasteiger partial charge in [0.1, 0.15) is 0 Å². The lowest BCUT2D eigenvalue weighted by atomic mass is 9.90. The summed E-state index contributed by atoms with van der Waals surface area (Å²) >= 11 is 0. The summed E-state index contributed by atoms with van der Waals surface area (Å²) in [6, 6.07) is 10.7. The molecule has 2 N–H and O–H groups in total. The Balaban J connectivity index is 1.97. The third kappa shape index (κ3) is 2.66. The van der Waals surface area contributed by atoms with Crippen molar-refractivity contribution in [1.29, 1.82) is 0 Å². The highest BCUT2D eigenvalue weighted by atomic mass is 16.3. The van der Waals surface area contributed by atoms with E-state index < -0.39 is 0 Å². The van der Waals surface area contributed by atoms with E-state index in [1.807, 2.05) is 0 Å². The summed E-state index contributed by atoms with van der Waals surface area (Å²) < 4.78 is 0. The highest BCUT2D eigenvalue weighted by Crippen LogP contribution is 2.36. The topological polar surface area (TPSA) is 45.2 Å². The fourth-order valence-corrected chi connectivity index (χ4v) is 2.86. The lowest BCUT2D eigenvalue weighted by Gasteiger charge is -2.17. The SMILES string of the molecule is Cc1ccc(Cc2cc3c(nc2CO)C(C)(C)CN3)cc1. The molecule has 0 unspecified atom stereocenters. The Morgan fingerprint density at radius 3 is 2.62 bits per heavy atom. The maximum absolute atomic E-state index is 9.66. The van der Waals surface area contributed by atoms with Gasteiger partial charge >= 0.3 is 0 Å². The van der Waals surface area contributed by atoms with Crippen molar-refractivity contribution >= 4 is 5.69 Å². The first kappa shape index (κ1) is 14.1. The molecule has 3 heteroatoms. The van der Waals surface area contributed by atoms with E-state index in [2.05, 4.69) is 56.4 Å². The molecule has 0 fully saturated rings. The molecule has 0 atom stereocenters. The standard InChI is InChI=1S/C18H22N2O/c1-12-4-6-13(7-5-12)8-14-9-15-17(20-16(14)10-21)18(2,3)11-19-15/h4-7,9,19,21H,8,10-11H2,1-3H3. The number of aromatic nitrogens is 1. The zero-order chi connectivity index (χ0) is 15.0. The number of rotatable bonds is 3. The van der Waals surface area contributed by atoms with E-state index in [1.54, 1.807) is 0 Å². The smallest absolute Gasteiger partial charge is 0.0856 e. The minimum atomic E-state index is -0.00937. The molecule has 0 saturated carbocycles. The Hall–Kier alpha value is -1.87. The van der Waals surface area contributed by atoms with Crippen LogP contribution in [0.1, 0.15) is 41.9 Å². The van der Waals surface area contributed by atoms with Crippen LogP contribution in [0.3, 0.4) is 0 Å². The number of aryl methyl sites for hydroxylation is 1. The summed E-state index contributed by atoms with van der Waals surface area (Å²) in [6.45, 7) is 7.34. The van der Waals surface area contributed by atoms with Gasteiger partial charge in [-0.2, -0.15) is 0 Å². The molecule has 1 aromatic carbocycles. The molecule has 0 radical (unpaired) electrons. The summed E-state index contributed by atoms with van der Waals surface area (Å²) in [5.74, 6) is 0. The molecule has 2 heterocycles. The maximum atomic E-state index is 9.66. The first-order valence-electron chi connectivity index (χ1n) is 7.43. The van der Waals surface area contributed by atoms with Gasteiger partial charge < -0.3 is 10.4 Å². The van der Waals surface area contributed by atoms with Gasteiger partial charge in [0.25, 0.3) is 0 Å². The molecule has 3 rings (SSSR count). The zero-order valence-electron chi connectivity index (χ0n) is 12.9. The van der Waals surface area contributed by atoms with Gasteiger partial charge in [0.15, 0.2) is 0 Å². The first-order valence-corrected chi connectivity index (χ1v) is 7.43. The van der Waals surface area contributed by atoms with Crippen LogP contribution in [-0.4, -0.2) is 16.6 Å². The number of aliphatic hydroxyl groups is 1. The number of anilines is 1. The Morgan fingerprint density at radius 1 is 1.24 bits per heavy atom. The number of hydrogen-bond acceptors (Lipinski definition) is 3. The van der Waals surface area contributed by atoms with Crippen LogP contribution in [0.2, 0.25) is 0 Å². The molecular formula is C18H22N2O. The summed E-state index contributed by atoms with van der Waals surface area (Å²) in [5, 5.41) is 13.1. The molecule has 21 heavy (non-hydrogen) atoms. The van der Waals surface area contributed by atoms with Gasteiger partial charge in [-0.1, -0.05) is 43.7 Å². The summed E-state index contributed by atoms with van der Waals surface area (Å²) in [7, 11) is 0. The maximum Gasteiger partial charge on any atom is 0.0856 e. The quantitative estimate of drug-likeness (QED) is 0.909. The second-order valence-electron chi connectivity index (χ2n) is 6.55. The second kappa shape index (κ2) is 5.15. The molecule has 0 amide bonds. The molecule has 0 spiro atoms. The summed E-state index contributed by atoms with van der Waals surface area (Å²) in [4.78, 5) is 4.73. The number of nitrogens with one attached hydrogen (secondary N) is 1. The van der Waals surface area contributed by atoms with Crippen molar-refractivity contribution < 1.29 is 5.11 Å². The Labute approximate surface area is 126 Å². The van der Waals surface area contributed by atoms with E-state index >= 15 is 0 Å². The molecule has 0 bridgehead atoms. The third-order valence-electron chi connectivity index (χ3n) is 4.22. The van der Waals surface area contributed by atoms with Gasteiger partial charge in [-0.15, -0.1) is 0 Å². The van der Waals surface area contributed by atoms with Crippen LogP contribution in [0.25, 0.3) is 0 Å². The highest BCUT2D eigenvalue weighted by Gasteiger charge is 2.32. The summed E-state index contributed by atoms with van der Waals surface area (Å²) in [6.07, 6.45) is 0.804. The second-order valence-corrected chi connectivity index (χ2v) is 6.55. The van der Waals surface area contributed by atoms with Crippen LogP contribution in [0.5, 0.6) is 0 Å². The molecule has 1 aromatic heterocycles. The van der Waals surface area contributed by atoms with Crippen LogP contribution in [0.15, 0.2) is 30.3 Å². The van der Waals surface area contributed by atoms with Crippen LogP contribution < -0.4 is 5.32 Å². The van der Waals surface area contributed by atoms with Crippen molar-refractivity contribution in [3.8, 4) is 0 Å². The van der Waals surface area contributed by atoms with Gasteiger partial charge in [-0.25, -0.2) is 0 Å². The minimum Gasteiger partial charge on any atom is -0.390 e. The van der Waals surface area contributed by atoms with Gasteiger partial charge in [0, 0.05) is 12.0 Å². The third-order valence-corrected chi connectivity index (χ3v) is 4.22. The monoisotopic (exact) mass is 282 g/mol. The minimum absolute atomic E-state index is 0.00937. The molecule has 1 aliphatic heterocycles. The van der Waals surface area contributed by atoms with Gasteiger partial charge in [0.2, 0.25) is 0 Å². The predicted molar refractivity (Wildman–Crippen MR) is 85.7 cm³/mol.